The summed E-state index contributed by atoms with van der Waals surface area (Å²) in [5, 5.41) is 4.34. The molecule has 1 heterocycles. The lowest BCUT2D eigenvalue weighted by molar-refractivity contribution is 0.164. The molecule has 0 radical (unpaired) electrons. The lowest BCUT2D eigenvalue weighted by Gasteiger charge is -2.21. The maximum atomic E-state index is 14.2. The van der Waals surface area contributed by atoms with Gasteiger partial charge in [-0.3, -0.25) is 4.68 Å². The van der Waals surface area contributed by atoms with Gasteiger partial charge in [-0.2, -0.15) is 5.10 Å². The molecule has 1 rings (SSSR count). The van der Waals surface area contributed by atoms with E-state index in [1.165, 1.54) is 0 Å². The van der Waals surface area contributed by atoms with Gasteiger partial charge < -0.3 is 5.73 Å². The molecule has 1 aromatic heterocycles. The van der Waals surface area contributed by atoms with Gasteiger partial charge in [0.05, 0.1) is 15.9 Å². The number of halogens is 2. The largest absolute Gasteiger partial charge is 0.328 e. The first-order valence-electron chi connectivity index (χ1n) is 5.56. The van der Waals surface area contributed by atoms with Crippen LogP contribution in [0.2, 0.25) is 0 Å². The van der Waals surface area contributed by atoms with Gasteiger partial charge in [-0.15, -0.1) is 0 Å². The molecule has 5 heteroatoms. The minimum absolute atomic E-state index is 0.0442. The third-order valence-corrected chi connectivity index (χ3v) is 3.90. The van der Waals surface area contributed by atoms with Gasteiger partial charge in [0, 0.05) is 20.0 Å². The SMILES string of the molecule is CCc1nn(C)c(CC(F)(CC)CN)c1Br. The molecule has 1 unspecified atom stereocenters. The Kier molecular flexibility index (Phi) is 4.50. The highest BCUT2D eigenvalue weighted by molar-refractivity contribution is 9.10. The Hall–Kier alpha value is -0.420. The summed E-state index contributed by atoms with van der Waals surface area (Å²) in [4.78, 5) is 0. The fourth-order valence-corrected chi connectivity index (χ4v) is 2.41. The van der Waals surface area contributed by atoms with Crippen LogP contribution in [-0.4, -0.2) is 22.0 Å². The monoisotopic (exact) mass is 291 g/mol. The molecule has 16 heavy (non-hydrogen) atoms. The first kappa shape index (κ1) is 13.6. The quantitative estimate of drug-likeness (QED) is 0.905. The predicted octanol–water partition coefficient (Wildman–Crippen LogP) is 2.36. The second-order valence-corrected chi connectivity index (χ2v) is 4.86. The van der Waals surface area contributed by atoms with Crippen molar-refractivity contribution in [1.82, 2.24) is 9.78 Å². The zero-order valence-corrected chi connectivity index (χ0v) is 11.6. The van der Waals surface area contributed by atoms with Gasteiger partial charge in [0.25, 0.3) is 0 Å². The Morgan fingerprint density at radius 2 is 2.12 bits per heavy atom. The number of hydrogen-bond acceptors (Lipinski definition) is 2. The van der Waals surface area contributed by atoms with Crippen LogP contribution < -0.4 is 5.73 Å². The molecule has 0 aromatic carbocycles. The second-order valence-electron chi connectivity index (χ2n) is 4.07. The van der Waals surface area contributed by atoms with E-state index in [0.29, 0.717) is 12.8 Å². The van der Waals surface area contributed by atoms with Crippen molar-refractivity contribution in [2.45, 2.75) is 38.8 Å². The number of rotatable bonds is 5. The molecule has 1 atom stereocenters. The molecule has 0 aliphatic carbocycles. The first-order valence-corrected chi connectivity index (χ1v) is 6.36. The van der Waals surface area contributed by atoms with E-state index in [1.807, 2.05) is 20.9 Å². The lowest BCUT2D eigenvalue weighted by atomic mass is 9.96. The number of alkyl halides is 1. The Labute approximate surface area is 104 Å². The molecule has 0 aliphatic rings. The third-order valence-electron chi connectivity index (χ3n) is 2.99. The fourth-order valence-electron chi connectivity index (χ4n) is 1.65. The summed E-state index contributed by atoms with van der Waals surface area (Å²) in [7, 11) is 1.84. The van der Waals surface area contributed by atoms with Crippen molar-refractivity contribution < 1.29 is 4.39 Å². The molecule has 92 valence electrons. The Morgan fingerprint density at radius 1 is 1.50 bits per heavy atom. The van der Waals surface area contributed by atoms with Gasteiger partial charge in [0.2, 0.25) is 0 Å². The minimum atomic E-state index is -1.33. The highest BCUT2D eigenvalue weighted by Gasteiger charge is 2.29. The van der Waals surface area contributed by atoms with E-state index in [-0.39, 0.29) is 6.54 Å². The number of hydrogen-bond donors (Lipinski definition) is 1. The average molecular weight is 292 g/mol. The Balaban J connectivity index is 3.01. The van der Waals surface area contributed by atoms with Gasteiger partial charge in [-0.1, -0.05) is 13.8 Å². The first-order chi connectivity index (χ1) is 7.47. The van der Waals surface area contributed by atoms with Crippen molar-refractivity contribution in [3.63, 3.8) is 0 Å². The van der Waals surface area contributed by atoms with E-state index >= 15 is 0 Å². The van der Waals surface area contributed by atoms with Crippen molar-refractivity contribution in [3.05, 3.63) is 15.9 Å². The summed E-state index contributed by atoms with van der Waals surface area (Å²) in [6.07, 6.45) is 1.56. The van der Waals surface area contributed by atoms with Crippen LogP contribution in [0, 0.1) is 0 Å². The van der Waals surface area contributed by atoms with Crippen molar-refractivity contribution >= 4 is 15.9 Å². The number of aromatic nitrogens is 2. The van der Waals surface area contributed by atoms with Gasteiger partial charge in [0.1, 0.15) is 5.67 Å². The zero-order valence-electron chi connectivity index (χ0n) is 10.1. The van der Waals surface area contributed by atoms with Crippen molar-refractivity contribution in [3.8, 4) is 0 Å². The standard InChI is InChI=1S/C11H19BrFN3/c1-4-8-10(12)9(16(3)15-8)6-11(13,5-2)7-14/h4-7,14H2,1-3H3. The predicted molar refractivity (Wildman–Crippen MR) is 67.2 cm³/mol. The topological polar surface area (TPSA) is 43.8 Å². The molecule has 0 bridgehead atoms. The Bertz CT molecular complexity index is 358. The van der Waals surface area contributed by atoms with Gasteiger partial charge in [0.15, 0.2) is 0 Å². The zero-order chi connectivity index (χ0) is 12.3. The molecular weight excluding hydrogens is 273 g/mol. The molecule has 0 amide bonds. The van der Waals surface area contributed by atoms with Crippen LogP contribution in [0.1, 0.15) is 31.7 Å². The van der Waals surface area contributed by atoms with Crippen LogP contribution in [0.25, 0.3) is 0 Å². The van der Waals surface area contributed by atoms with E-state index in [1.54, 1.807) is 4.68 Å². The summed E-state index contributed by atoms with van der Waals surface area (Å²) in [6, 6.07) is 0. The van der Waals surface area contributed by atoms with Crippen LogP contribution in [0.3, 0.4) is 0 Å². The third kappa shape index (κ3) is 2.63. The van der Waals surface area contributed by atoms with Gasteiger partial charge >= 0.3 is 0 Å². The maximum Gasteiger partial charge on any atom is 0.128 e. The second kappa shape index (κ2) is 5.27. The van der Waals surface area contributed by atoms with Crippen molar-refractivity contribution in [2.24, 2.45) is 12.8 Å². The van der Waals surface area contributed by atoms with Crippen LogP contribution in [0.15, 0.2) is 4.47 Å². The Morgan fingerprint density at radius 3 is 2.50 bits per heavy atom. The fraction of sp³-hybridized carbons (Fsp3) is 0.727. The minimum Gasteiger partial charge on any atom is -0.328 e. The average Bonchev–Trinajstić information content (AvgIpc) is 2.56. The maximum absolute atomic E-state index is 14.2. The molecule has 0 saturated heterocycles. The molecule has 3 nitrogen and oxygen atoms in total. The van der Waals surface area contributed by atoms with E-state index in [2.05, 4.69) is 21.0 Å². The number of nitrogens with two attached hydrogens (primary N) is 1. The normalized spacial score (nSPS) is 15.1. The van der Waals surface area contributed by atoms with E-state index in [4.69, 9.17) is 5.73 Å². The van der Waals surface area contributed by atoms with Crippen LogP contribution in [-0.2, 0) is 19.9 Å². The number of nitrogens with zero attached hydrogens (tertiary/aromatic N) is 2. The molecule has 2 N–H and O–H groups in total. The summed E-state index contributed by atoms with van der Waals surface area (Å²) >= 11 is 3.48. The van der Waals surface area contributed by atoms with E-state index in [9.17, 15) is 4.39 Å². The van der Waals surface area contributed by atoms with Gasteiger partial charge in [-0.25, -0.2) is 4.39 Å². The highest BCUT2D eigenvalue weighted by Crippen LogP contribution is 2.28. The molecule has 0 spiro atoms. The van der Waals surface area contributed by atoms with Crippen molar-refractivity contribution in [2.75, 3.05) is 6.54 Å². The van der Waals surface area contributed by atoms with Crippen LogP contribution in [0.5, 0.6) is 0 Å². The molecule has 0 saturated carbocycles. The summed E-state index contributed by atoms with van der Waals surface area (Å²) in [6.45, 7) is 3.89. The summed E-state index contributed by atoms with van der Waals surface area (Å²) in [5.74, 6) is 0. The smallest absolute Gasteiger partial charge is 0.128 e. The highest BCUT2D eigenvalue weighted by atomic mass is 79.9. The molecule has 0 aliphatic heterocycles. The molecule has 0 fully saturated rings. The van der Waals surface area contributed by atoms with Gasteiger partial charge in [-0.05, 0) is 28.8 Å². The summed E-state index contributed by atoms with van der Waals surface area (Å²) in [5.41, 5.74) is 6.00. The van der Waals surface area contributed by atoms with E-state index < -0.39 is 5.67 Å². The number of aryl methyl sites for hydroxylation is 2. The molecule has 1 aromatic rings. The van der Waals surface area contributed by atoms with E-state index in [0.717, 1.165) is 22.3 Å². The van der Waals surface area contributed by atoms with Crippen LogP contribution >= 0.6 is 15.9 Å². The molecular formula is C11H19BrFN3. The van der Waals surface area contributed by atoms with Crippen molar-refractivity contribution in [1.29, 1.82) is 0 Å². The van der Waals surface area contributed by atoms with Crippen LogP contribution in [0.4, 0.5) is 4.39 Å². The lowest BCUT2D eigenvalue weighted by Crippen LogP contribution is -2.35. The summed E-state index contributed by atoms with van der Waals surface area (Å²) < 4.78 is 16.9.